The van der Waals surface area contributed by atoms with Crippen LogP contribution in [0.3, 0.4) is 0 Å². The molecule has 0 heterocycles. The van der Waals surface area contributed by atoms with Gasteiger partial charge in [0, 0.05) is 5.41 Å². The molecule has 16 heavy (non-hydrogen) atoms. The summed E-state index contributed by atoms with van der Waals surface area (Å²) >= 11 is 0. The lowest BCUT2D eigenvalue weighted by atomic mass is 10.1. The van der Waals surface area contributed by atoms with E-state index in [0.717, 1.165) is 19.3 Å². The molecule has 2 saturated carbocycles. The van der Waals surface area contributed by atoms with E-state index in [1.807, 2.05) is 0 Å². The Morgan fingerprint density at radius 3 is 2.19 bits per heavy atom. The van der Waals surface area contributed by atoms with Crippen molar-refractivity contribution in [1.82, 2.24) is 0 Å². The molecular formula is C11H19O4P. The predicted octanol–water partition coefficient (Wildman–Crippen LogP) is 2.76. The second kappa shape index (κ2) is 4.25. The first-order valence-electron chi connectivity index (χ1n) is 6.01. The van der Waals surface area contributed by atoms with Gasteiger partial charge in [0.1, 0.15) is 5.66 Å². The minimum atomic E-state index is -3.21. The van der Waals surface area contributed by atoms with Crippen LogP contribution in [-0.2, 0) is 18.4 Å². The van der Waals surface area contributed by atoms with Crippen LogP contribution in [0.15, 0.2) is 0 Å². The SMILES string of the molecule is CCOP(=O)(OCC)C1CCC2(CC2)C1=O. The van der Waals surface area contributed by atoms with Crippen LogP contribution < -0.4 is 0 Å². The molecule has 2 fully saturated rings. The van der Waals surface area contributed by atoms with Gasteiger partial charge in [-0.2, -0.15) is 0 Å². The van der Waals surface area contributed by atoms with Crippen molar-refractivity contribution in [3.05, 3.63) is 0 Å². The number of Topliss-reactive ketones (excluding diaryl/α,β-unsaturated/α-hetero) is 1. The van der Waals surface area contributed by atoms with Crippen LogP contribution in [0.4, 0.5) is 0 Å². The van der Waals surface area contributed by atoms with E-state index < -0.39 is 13.3 Å². The van der Waals surface area contributed by atoms with E-state index in [2.05, 4.69) is 0 Å². The number of carbonyl (C=O) groups is 1. The van der Waals surface area contributed by atoms with Crippen molar-refractivity contribution >= 4 is 13.4 Å². The fraction of sp³-hybridized carbons (Fsp3) is 0.909. The average molecular weight is 246 g/mol. The maximum atomic E-state index is 12.5. The van der Waals surface area contributed by atoms with Gasteiger partial charge in [-0.05, 0) is 39.5 Å². The zero-order valence-electron chi connectivity index (χ0n) is 9.90. The van der Waals surface area contributed by atoms with Gasteiger partial charge in [0.15, 0.2) is 5.78 Å². The maximum Gasteiger partial charge on any atom is 0.341 e. The number of hydrogen-bond acceptors (Lipinski definition) is 4. The normalized spacial score (nSPS) is 27.6. The molecule has 92 valence electrons. The quantitative estimate of drug-likeness (QED) is 0.700. The predicted molar refractivity (Wildman–Crippen MR) is 60.6 cm³/mol. The Bertz CT molecular complexity index is 325. The summed E-state index contributed by atoms with van der Waals surface area (Å²) in [6, 6.07) is 0. The van der Waals surface area contributed by atoms with Gasteiger partial charge >= 0.3 is 7.60 Å². The first-order valence-corrected chi connectivity index (χ1v) is 7.62. The van der Waals surface area contributed by atoms with Crippen molar-refractivity contribution in [2.24, 2.45) is 5.41 Å². The summed E-state index contributed by atoms with van der Waals surface area (Å²) in [5, 5.41) is 0. The zero-order chi connectivity index (χ0) is 11.8. The Morgan fingerprint density at radius 1 is 1.25 bits per heavy atom. The van der Waals surface area contributed by atoms with Crippen LogP contribution in [0.1, 0.15) is 39.5 Å². The molecule has 4 nitrogen and oxygen atoms in total. The molecule has 0 aromatic carbocycles. The highest BCUT2D eigenvalue weighted by molar-refractivity contribution is 7.55. The standard InChI is InChI=1S/C11H19O4P/c1-3-14-16(13,15-4-2)9-5-6-11(7-8-11)10(9)12/h9H,3-8H2,1-2H3. The van der Waals surface area contributed by atoms with Gasteiger partial charge in [-0.15, -0.1) is 0 Å². The van der Waals surface area contributed by atoms with Crippen molar-refractivity contribution in [2.75, 3.05) is 13.2 Å². The first kappa shape index (κ1) is 12.3. The third-order valence-electron chi connectivity index (χ3n) is 3.58. The summed E-state index contributed by atoms with van der Waals surface area (Å²) in [5.41, 5.74) is -0.649. The molecule has 1 atom stereocenters. The van der Waals surface area contributed by atoms with E-state index in [9.17, 15) is 9.36 Å². The van der Waals surface area contributed by atoms with Gasteiger partial charge in [-0.3, -0.25) is 9.36 Å². The molecule has 0 saturated heterocycles. The van der Waals surface area contributed by atoms with E-state index in [-0.39, 0.29) is 11.2 Å². The fourth-order valence-corrected chi connectivity index (χ4v) is 4.71. The van der Waals surface area contributed by atoms with Crippen LogP contribution in [0.25, 0.3) is 0 Å². The highest BCUT2D eigenvalue weighted by Gasteiger charge is 2.60. The van der Waals surface area contributed by atoms with Crippen molar-refractivity contribution in [3.63, 3.8) is 0 Å². The Morgan fingerprint density at radius 2 is 1.81 bits per heavy atom. The minimum absolute atomic E-state index is 0.123. The maximum absolute atomic E-state index is 12.5. The molecule has 1 unspecified atom stereocenters. The van der Waals surface area contributed by atoms with Gasteiger partial charge in [0.25, 0.3) is 0 Å². The summed E-state index contributed by atoms with van der Waals surface area (Å²) < 4.78 is 23.0. The van der Waals surface area contributed by atoms with Crippen molar-refractivity contribution in [3.8, 4) is 0 Å². The van der Waals surface area contributed by atoms with Crippen molar-refractivity contribution in [1.29, 1.82) is 0 Å². The van der Waals surface area contributed by atoms with E-state index in [1.165, 1.54) is 0 Å². The van der Waals surface area contributed by atoms with Gasteiger partial charge in [-0.25, -0.2) is 0 Å². The Hall–Kier alpha value is -0.180. The molecule has 0 aromatic rings. The second-order valence-corrected chi connectivity index (χ2v) is 6.79. The van der Waals surface area contributed by atoms with Gasteiger partial charge < -0.3 is 9.05 Å². The lowest BCUT2D eigenvalue weighted by Gasteiger charge is -2.22. The molecule has 0 amide bonds. The molecule has 5 heteroatoms. The topological polar surface area (TPSA) is 52.6 Å². The lowest BCUT2D eigenvalue weighted by Crippen LogP contribution is -2.22. The zero-order valence-corrected chi connectivity index (χ0v) is 10.8. The van der Waals surface area contributed by atoms with E-state index in [1.54, 1.807) is 13.8 Å². The van der Waals surface area contributed by atoms with E-state index in [0.29, 0.717) is 19.6 Å². The molecule has 2 rings (SSSR count). The van der Waals surface area contributed by atoms with E-state index >= 15 is 0 Å². The summed E-state index contributed by atoms with van der Waals surface area (Å²) in [6.45, 7) is 4.21. The monoisotopic (exact) mass is 246 g/mol. The molecule has 0 N–H and O–H groups in total. The number of ketones is 1. The fourth-order valence-electron chi connectivity index (χ4n) is 2.55. The smallest absolute Gasteiger partial charge is 0.308 e. The molecule has 0 aliphatic heterocycles. The molecule has 2 aliphatic rings. The van der Waals surface area contributed by atoms with Crippen LogP contribution in [0.2, 0.25) is 0 Å². The minimum Gasteiger partial charge on any atom is -0.308 e. The van der Waals surface area contributed by atoms with E-state index in [4.69, 9.17) is 9.05 Å². The van der Waals surface area contributed by atoms with Crippen LogP contribution in [0, 0.1) is 5.41 Å². The third kappa shape index (κ3) is 1.87. The Kier molecular flexibility index (Phi) is 3.26. The Balaban J connectivity index is 2.15. The molecule has 0 bridgehead atoms. The third-order valence-corrected chi connectivity index (χ3v) is 6.07. The molecule has 2 aliphatic carbocycles. The second-order valence-electron chi connectivity index (χ2n) is 4.57. The molecule has 0 aromatic heterocycles. The Labute approximate surface area is 96.2 Å². The average Bonchev–Trinajstić information content (AvgIpc) is 2.91. The summed E-state index contributed by atoms with van der Waals surface area (Å²) in [6.07, 6.45) is 3.44. The van der Waals surface area contributed by atoms with Gasteiger partial charge in [-0.1, -0.05) is 0 Å². The number of hydrogen-bond donors (Lipinski definition) is 0. The van der Waals surface area contributed by atoms with Crippen molar-refractivity contribution in [2.45, 2.75) is 45.2 Å². The summed E-state index contributed by atoms with van der Waals surface area (Å²) in [7, 11) is -3.21. The largest absolute Gasteiger partial charge is 0.341 e. The van der Waals surface area contributed by atoms with Crippen LogP contribution in [-0.4, -0.2) is 24.7 Å². The van der Waals surface area contributed by atoms with Crippen molar-refractivity contribution < 1.29 is 18.4 Å². The van der Waals surface area contributed by atoms with Gasteiger partial charge in [0.2, 0.25) is 0 Å². The van der Waals surface area contributed by atoms with Gasteiger partial charge in [0.05, 0.1) is 13.2 Å². The summed E-state index contributed by atoms with van der Waals surface area (Å²) in [5.74, 6) is 0.123. The first-order chi connectivity index (χ1) is 7.58. The van der Waals surface area contributed by atoms with Crippen LogP contribution in [0.5, 0.6) is 0 Å². The number of rotatable bonds is 5. The lowest BCUT2D eigenvalue weighted by molar-refractivity contribution is -0.121. The number of carbonyl (C=O) groups excluding carboxylic acids is 1. The highest BCUT2D eigenvalue weighted by atomic mass is 31.2. The van der Waals surface area contributed by atoms with Crippen LogP contribution >= 0.6 is 7.60 Å². The molecule has 0 radical (unpaired) electrons. The highest BCUT2D eigenvalue weighted by Crippen LogP contribution is 2.65. The summed E-state index contributed by atoms with van der Waals surface area (Å²) in [4.78, 5) is 12.2. The molecule has 1 spiro atoms. The molecular weight excluding hydrogens is 227 g/mol.